The molecule has 0 saturated heterocycles. The number of rotatable bonds is 4. The van der Waals surface area contributed by atoms with Crippen LogP contribution in [0.2, 0.25) is 0 Å². The van der Waals surface area contributed by atoms with Crippen molar-refractivity contribution >= 4 is 44.5 Å². The Balaban J connectivity index is 1.88. The first-order valence-corrected chi connectivity index (χ1v) is 8.59. The van der Waals surface area contributed by atoms with E-state index in [-0.39, 0.29) is 23.7 Å². The van der Waals surface area contributed by atoms with Crippen molar-refractivity contribution in [2.24, 2.45) is 0 Å². The number of halogens is 2. The van der Waals surface area contributed by atoms with Gasteiger partial charge in [-0.25, -0.2) is 14.0 Å². The van der Waals surface area contributed by atoms with Gasteiger partial charge in [-0.2, -0.15) is 0 Å². The highest BCUT2D eigenvalue weighted by molar-refractivity contribution is 9.10. The molecule has 1 amide bonds. The Morgan fingerprint density at radius 2 is 1.96 bits per heavy atom. The van der Waals surface area contributed by atoms with Crippen LogP contribution in [-0.2, 0) is 16.1 Å². The first kappa shape index (κ1) is 18.8. The van der Waals surface area contributed by atoms with Crippen LogP contribution in [0, 0.1) is 5.82 Å². The van der Waals surface area contributed by atoms with E-state index in [1.807, 2.05) is 0 Å². The standard InChI is InChI=1S/C19H13BrFNO5/c1-10(23)22-13-3-4-14-11(6-18(24)27-17(14)8-13)9-26-19(25)15-7-12(21)2-5-16(15)20/h2-8H,9H2,1H3,(H,22,23). The zero-order chi connectivity index (χ0) is 19.6. The first-order chi connectivity index (χ1) is 12.8. The van der Waals surface area contributed by atoms with Gasteiger partial charge < -0.3 is 14.5 Å². The number of ether oxygens (including phenoxy) is 1. The average molecular weight is 434 g/mol. The highest BCUT2D eigenvalue weighted by atomic mass is 79.9. The van der Waals surface area contributed by atoms with Gasteiger partial charge in [0.25, 0.3) is 0 Å². The largest absolute Gasteiger partial charge is 0.457 e. The zero-order valence-corrected chi connectivity index (χ0v) is 15.6. The van der Waals surface area contributed by atoms with Crippen LogP contribution < -0.4 is 10.9 Å². The monoisotopic (exact) mass is 433 g/mol. The van der Waals surface area contributed by atoms with Gasteiger partial charge in [-0.05, 0) is 46.3 Å². The highest BCUT2D eigenvalue weighted by Gasteiger charge is 2.15. The fourth-order valence-corrected chi connectivity index (χ4v) is 2.91. The molecule has 0 aliphatic heterocycles. The van der Waals surface area contributed by atoms with E-state index in [1.165, 1.54) is 31.2 Å². The molecule has 0 saturated carbocycles. The Kier molecular flexibility index (Phi) is 5.36. The van der Waals surface area contributed by atoms with Crippen molar-refractivity contribution in [3.63, 3.8) is 0 Å². The van der Waals surface area contributed by atoms with E-state index in [9.17, 15) is 18.8 Å². The smallest absolute Gasteiger partial charge is 0.339 e. The Morgan fingerprint density at radius 1 is 1.19 bits per heavy atom. The third kappa shape index (κ3) is 4.40. The van der Waals surface area contributed by atoms with Crippen LogP contribution in [0.4, 0.5) is 10.1 Å². The minimum Gasteiger partial charge on any atom is -0.457 e. The van der Waals surface area contributed by atoms with Gasteiger partial charge in [-0.3, -0.25) is 4.79 Å². The van der Waals surface area contributed by atoms with Gasteiger partial charge in [0, 0.05) is 40.2 Å². The van der Waals surface area contributed by atoms with E-state index in [4.69, 9.17) is 9.15 Å². The van der Waals surface area contributed by atoms with Crippen LogP contribution >= 0.6 is 15.9 Å². The summed E-state index contributed by atoms with van der Waals surface area (Å²) in [5.41, 5.74) is 0.551. The number of hydrogen-bond donors (Lipinski definition) is 1. The molecule has 0 unspecified atom stereocenters. The van der Waals surface area contributed by atoms with Gasteiger partial charge >= 0.3 is 11.6 Å². The molecule has 1 N–H and O–H groups in total. The number of amides is 1. The number of benzene rings is 2. The summed E-state index contributed by atoms with van der Waals surface area (Å²) in [5.74, 6) is -1.57. The second-order valence-electron chi connectivity index (χ2n) is 5.68. The van der Waals surface area contributed by atoms with Crippen LogP contribution in [0.3, 0.4) is 0 Å². The van der Waals surface area contributed by atoms with E-state index < -0.39 is 17.4 Å². The number of hydrogen-bond acceptors (Lipinski definition) is 5. The lowest BCUT2D eigenvalue weighted by Gasteiger charge is -2.09. The van der Waals surface area contributed by atoms with Crippen molar-refractivity contribution in [3.05, 3.63) is 74.3 Å². The van der Waals surface area contributed by atoms with Crippen LogP contribution in [0.15, 0.2) is 56.1 Å². The second kappa shape index (κ2) is 7.71. The number of carbonyl (C=O) groups excluding carboxylic acids is 2. The summed E-state index contributed by atoms with van der Waals surface area (Å²) in [5, 5.41) is 3.14. The third-order valence-corrected chi connectivity index (χ3v) is 4.35. The topological polar surface area (TPSA) is 85.6 Å². The molecule has 3 rings (SSSR count). The summed E-state index contributed by atoms with van der Waals surface area (Å²) in [6.07, 6.45) is 0. The zero-order valence-electron chi connectivity index (χ0n) is 14.0. The van der Waals surface area contributed by atoms with Gasteiger partial charge in [0.15, 0.2) is 0 Å². The normalized spacial score (nSPS) is 10.6. The fourth-order valence-electron chi connectivity index (χ4n) is 2.51. The molecule has 0 spiro atoms. The Labute approximate surface area is 161 Å². The average Bonchev–Trinajstić information content (AvgIpc) is 2.60. The highest BCUT2D eigenvalue weighted by Crippen LogP contribution is 2.23. The molecule has 0 bridgehead atoms. The summed E-state index contributed by atoms with van der Waals surface area (Å²) in [7, 11) is 0. The molecule has 27 heavy (non-hydrogen) atoms. The van der Waals surface area contributed by atoms with Gasteiger partial charge in [0.05, 0.1) is 5.56 Å². The molecule has 0 fully saturated rings. The molecule has 0 atom stereocenters. The molecular weight excluding hydrogens is 421 g/mol. The molecule has 0 aliphatic carbocycles. The third-order valence-electron chi connectivity index (χ3n) is 3.66. The Hall–Kier alpha value is -3.00. The maximum absolute atomic E-state index is 13.3. The molecule has 0 radical (unpaired) electrons. The van der Waals surface area contributed by atoms with Crippen LogP contribution in [0.25, 0.3) is 11.0 Å². The SMILES string of the molecule is CC(=O)Nc1ccc2c(COC(=O)c3cc(F)ccc3Br)cc(=O)oc2c1. The summed E-state index contributed by atoms with van der Waals surface area (Å²) >= 11 is 3.17. The number of nitrogens with one attached hydrogen (secondary N) is 1. The molecular formula is C19H13BrFNO5. The molecule has 1 heterocycles. The Morgan fingerprint density at radius 3 is 2.70 bits per heavy atom. The Bertz CT molecular complexity index is 1110. The maximum atomic E-state index is 13.3. The van der Waals surface area contributed by atoms with Crippen molar-refractivity contribution in [1.82, 2.24) is 0 Å². The van der Waals surface area contributed by atoms with E-state index >= 15 is 0 Å². The quantitative estimate of drug-likeness (QED) is 0.496. The number of anilines is 1. The molecule has 3 aromatic rings. The predicted molar refractivity (Wildman–Crippen MR) is 100 cm³/mol. The summed E-state index contributed by atoms with van der Waals surface area (Å²) in [6, 6.07) is 9.68. The minimum absolute atomic E-state index is 0.0372. The first-order valence-electron chi connectivity index (χ1n) is 7.80. The molecule has 1 aromatic heterocycles. The summed E-state index contributed by atoms with van der Waals surface area (Å²) in [6.45, 7) is 1.16. The minimum atomic E-state index is -0.738. The molecule has 6 nitrogen and oxygen atoms in total. The van der Waals surface area contributed by atoms with Crippen molar-refractivity contribution < 1.29 is 23.1 Å². The maximum Gasteiger partial charge on any atom is 0.339 e. The lowest BCUT2D eigenvalue weighted by Crippen LogP contribution is -2.09. The van der Waals surface area contributed by atoms with Gasteiger partial charge in [0.1, 0.15) is 18.0 Å². The van der Waals surface area contributed by atoms with Gasteiger partial charge in [-0.15, -0.1) is 0 Å². The van der Waals surface area contributed by atoms with E-state index in [2.05, 4.69) is 21.2 Å². The van der Waals surface area contributed by atoms with Crippen LogP contribution in [-0.4, -0.2) is 11.9 Å². The molecule has 138 valence electrons. The summed E-state index contributed by atoms with van der Waals surface area (Å²) in [4.78, 5) is 35.2. The number of esters is 1. The lowest BCUT2D eigenvalue weighted by molar-refractivity contribution is -0.114. The van der Waals surface area contributed by atoms with E-state index in [0.29, 0.717) is 21.1 Å². The van der Waals surface area contributed by atoms with E-state index in [0.717, 1.165) is 6.07 Å². The van der Waals surface area contributed by atoms with Crippen LogP contribution in [0.5, 0.6) is 0 Å². The van der Waals surface area contributed by atoms with Crippen molar-refractivity contribution in [2.45, 2.75) is 13.5 Å². The second-order valence-corrected chi connectivity index (χ2v) is 6.54. The van der Waals surface area contributed by atoms with Crippen molar-refractivity contribution in [1.29, 1.82) is 0 Å². The molecule has 2 aromatic carbocycles. The van der Waals surface area contributed by atoms with Gasteiger partial charge in [-0.1, -0.05) is 0 Å². The molecule has 8 heteroatoms. The van der Waals surface area contributed by atoms with Crippen molar-refractivity contribution in [2.75, 3.05) is 5.32 Å². The fraction of sp³-hybridized carbons (Fsp3) is 0.105. The van der Waals surface area contributed by atoms with Gasteiger partial charge in [0.2, 0.25) is 5.91 Å². The number of fused-ring (bicyclic) bond motifs is 1. The predicted octanol–water partition coefficient (Wildman–Crippen LogP) is 4.01. The summed E-state index contributed by atoms with van der Waals surface area (Å²) < 4.78 is 24.1. The number of carbonyl (C=O) groups is 2. The molecule has 0 aliphatic rings. The lowest BCUT2D eigenvalue weighted by atomic mass is 10.1. The van der Waals surface area contributed by atoms with Crippen LogP contribution in [0.1, 0.15) is 22.8 Å². The van der Waals surface area contributed by atoms with Crippen molar-refractivity contribution in [3.8, 4) is 0 Å². The van der Waals surface area contributed by atoms with E-state index in [1.54, 1.807) is 12.1 Å².